The Morgan fingerprint density at radius 2 is 1.79 bits per heavy atom. The normalized spacial score (nSPS) is 15.0. The molecule has 3 aromatic carbocycles. The third kappa shape index (κ3) is 7.33. The Labute approximate surface area is 243 Å². The highest BCUT2D eigenvalue weighted by Crippen LogP contribution is 2.20. The van der Waals surface area contributed by atoms with Crippen molar-refractivity contribution in [2.75, 3.05) is 44.2 Å². The Bertz CT molecular complexity index is 1590. The van der Waals surface area contributed by atoms with Gasteiger partial charge in [0.05, 0.1) is 24.6 Å². The van der Waals surface area contributed by atoms with Crippen LogP contribution in [0.25, 0.3) is 10.8 Å². The average Bonchev–Trinajstić information content (AvgIpc) is 2.99. The SMILES string of the molecule is CCOC(=O)C(CNC(=O)CN1CCN(c2ccc(/C(N)=N\O)cc2)CC1=O)NS(=O)(=O)c1ccc2ccccc2c1. The van der Waals surface area contributed by atoms with E-state index in [0.717, 1.165) is 11.1 Å². The van der Waals surface area contributed by atoms with Gasteiger partial charge in [-0.2, -0.15) is 4.72 Å². The lowest BCUT2D eigenvalue weighted by molar-refractivity contribution is -0.145. The molecule has 42 heavy (non-hydrogen) atoms. The zero-order valence-electron chi connectivity index (χ0n) is 22.9. The van der Waals surface area contributed by atoms with Crippen LogP contribution in [0.3, 0.4) is 0 Å². The highest BCUT2D eigenvalue weighted by Gasteiger charge is 2.29. The number of benzene rings is 3. The second-order valence-electron chi connectivity index (χ2n) is 9.51. The minimum Gasteiger partial charge on any atom is -0.465 e. The summed E-state index contributed by atoms with van der Waals surface area (Å²) in [5.74, 6) is -1.71. The summed E-state index contributed by atoms with van der Waals surface area (Å²) in [5.41, 5.74) is 6.88. The van der Waals surface area contributed by atoms with Crippen molar-refractivity contribution < 1.29 is 32.7 Å². The number of nitrogens with one attached hydrogen (secondary N) is 2. The van der Waals surface area contributed by atoms with Crippen molar-refractivity contribution >= 4 is 50.1 Å². The van der Waals surface area contributed by atoms with Crippen molar-refractivity contribution in [3.63, 3.8) is 0 Å². The lowest BCUT2D eigenvalue weighted by atomic mass is 10.1. The largest absolute Gasteiger partial charge is 0.465 e. The molecule has 0 aromatic heterocycles. The van der Waals surface area contributed by atoms with Crippen LogP contribution in [0.15, 0.2) is 76.8 Å². The molecule has 2 amide bonds. The molecular weight excluding hydrogens is 564 g/mol. The number of amidine groups is 1. The molecule has 5 N–H and O–H groups in total. The lowest BCUT2D eigenvalue weighted by Crippen LogP contribution is -2.54. The van der Waals surface area contributed by atoms with Crippen LogP contribution in [0.5, 0.6) is 0 Å². The summed E-state index contributed by atoms with van der Waals surface area (Å²) >= 11 is 0. The van der Waals surface area contributed by atoms with Gasteiger partial charge in [-0.05, 0) is 54.1 Å². The summed E-state index contributed by atoms with van der Waals surface area (Å²) < 4.78 is 33.6. The summed E-state index contributed by atoms with van der Waals surface area (Å²) in [6, 6.07) is 17.3. The van der Waals surface area contributed by atoms with Gasteiger partial charge in [-0.15, -0.1) is 0 Å². The van der Waals surface area contributed by atoms with Gasteiger partial charge in [0.25, 0.3) is 0 Å². The molecule has 222 valence electrons. The molecule has 0 saturated carbocycles. The first-order chi connectivity index (χ1) is 20.1. The molecule has 1 unspecified atom stereocenters. The van der Waals surface area contributed by atoms with E-state index in [1.54, 1.807) is 49.4 Å². The predicted molar refractivity (Wildman–Crippen MR) is 155 cm³/mol. The first-order valence-electron chi connectivity index (χ1n) is 13.2. The number of fused-ring (bicyclic) bond motifs is 1. The number of carbonyl (C=O) groups is 3. The maximum atomic E-state index is 13.1. The fraction of sp³-hybridized carbons (Fsp3) is 0.286. The van der Waals surface area contributed by atoms with E-state index in [4.69, 9.17) is 15.7 Å². The smallest absolute Gasteiger partial charge is 0.326 e. The predicted octanol–water partition coefficient (Wildman–Crippen LogP) is 0.609. The van der Waals surface area contributed by atoms with Crippen LogP contribution in [-0.2, 0) is 29.1 Å². The van der Waals surface area contributed by atoms with Gasteiger partial charge in [0.15, 0.2) is 5.84 Å². The fourth-order valence-electron chi connectivity index (χ4n) is 4.45. The maximum Gasteiger partial charge on any atom is 0.326 e. The fourth-order valence-corrected chi connectivity index (χ4v) is 5.67. The molecule has 3 aromatic rings. The molecule has 0 bridgehead atoms. The number of oxime groups is 1. The van der Waals surface area contributed by atoms with Gasteiger partial charge in [0, 0.05) is 30.9 Å². The molecule has 1 aliphatic heterocycles. The van der Waals surface area contributed by atoms with Crippen LogP contribution >= 0.6 is 0 Å². The maximum absolute atomic E-state index is 13.1. The Hall–Kier alpha value is -4.69. The Balaban J connectivity index is 1.34. The molecule has 1 heterocycles. The second-order valence-corrected chi connectivity index (χ2v) is 11.2. The summed E-state index contributed by atoms with van der Waals surface area (Å²) in [5, 5.41) is 15.9. The van der Waals surface area contributed by atoms with Crippen molar-refractivity contribution in [2.24, 2.45) is 10.9 Å². The standard InChI is InChI=1S/C28H32N6O7S/c1-2-41-28(37)24(32-42(39,40)23-12-9-19-5-3-4-6-21(19)15-23)16-30-25(35)17-34-14-13-33(18-26(34)36)22-10-7-20(8-11-22)27(29)31-38/h3-12,15,24,32,38H,2,13-14,16-18H2,1H3,(H2,29,31)(H,30,35). The molecule has 1 saturated heterocycles. The number of rotatable bonds is 11. The Kier molecular flexibility index (Phi) is 9.60. The number of piperazine rings is 1. The molecule has 0 aliphatic carbocycles. The number of hydrogen-bond donors (Lipinski definition) is 4. The number of sulfonamides is 1. The summed E-state index contributed by atoms with van der Waals surface area (Å²) in [6.07, 6.45) is 0. The molecule has 14 heteroatoms. The van der Waals surface area contributed by atoms with E-state index >= 15 is 0 Å². The number of hydrogen-bond acceptors (Lipinski definition) is 9. The molecule has 4 rings (SSSR count). The number of nitrogens with two attached hydrogens (primary N) is 1. The number of carbonyl (C=O) groups excluding carboxylic acids is 3. The van der Waals surface area contributed by atoms with Gasteiger partial charge in [0.2, 0.25) is 21.8 Å². The lowest BCUT2D eigenvalue weighted by Gasteiger charge is -2.35. The van der Waals surface area contributed by atoms with Gasteiger partial charge < -0.3 is 30.8 Å². The van der Waals surface area contributed by atoms with Crippen molar-refractivity contribution in [1.82, 2.24) is 14.9 Å². The van der Waals surface area contributed by atoms with Crippen molar-refractivity contribution in [1.29, 1.82) is 0 Å². The molecular formula is C28H32N6O7S. The first kappa shape index (κ1) is 30.3. The minimum absolute atomic E-state index is 0.0187. The van der Waals surface area contributed by atoms with Crippen molar-refractivity contribution in [3.05, 3.63) is 72.3 Å². The quantitative estimate of drug-likeness (QED) is 0.0810. The summed E-state index contributed by atoms with van der Waals surface area (Å²) in [6.45, 7) is 1.73. The van der Waals surface area contributed by atoms with E-state index in [1.807, 2.05) is 17.0 Å². The molecule has 0 spiro atoms. The van der Waals surface area contributed by atoms with Gasteiger partial charge >= 0.3 is 5.97 Å². The van der Waals surface area contributed by atoms with Gasteiger partial charge in [-0.1, -0.05) is 35.5 Å². The monoisotopic (exact) mass is 596 g/mol. The van der Waals surface area contributed by atoms with E-state index in [1.165, 1.54) is 17.0 Å². The summed E-state index contributed by atoms with van der Waals surface area (Å²) in [4.78, 5) is 41.2. The van der Waals surface area contributed by atoms with Gasteiger partial charge in [-0.25, -0.2) is 8.42 Å². The van der Waals surface area contributed by atoms with Gasteiger partial charge in [-0.3, -0.25) is 14.4 Å². The molecule has 13 nitrogen and oxygen atoms in total. The number of anilines is 1. The number of ether oxygens (including phenoxy) is 1. The first-order valence-corrected chi connectivity index (χ1v) is 14.6. The number of nitrogens with zero attached hydrogens (tertiary/aromatic N) is 3. The van der Waals surface area contributed by atoms with Crippen LogP contribution in [0.2, 0.25) is 0 Å². The van der Waals surface area contributed by atoms with E-state index in [-0.39, 0.29) is 49.4 Å². The number of esters is 1. The van der Waals surface area contributed by atoms with E-state index in [2.05, 4.69) is 15.2 Å². The zero-order valence-corrected chi connectivity index (χ0v) is 23.7. The van der Waals surface area contributed by atoms with E-state index in [0.29, 0.717) is 17.5 Å². The van der Waals surface area contributed by atoms with E-state index in [9.17, 15) is 22.8 Å². The van der Waals surface area contributed by atoms with Crippen LogP contribution in [-0.4, -0.2) is 87.5 Å². The van der Waals surface area contributed by atoms with Gasteiger partial charge in [0.1, 0.15) is 6.04 Å². The van der Waals surface area contributed by atoms with Crippen LogP contribution in [0, 0.1) is 0 Å². The molecule has 1 fully saturated rings. The van der Waals surface area contributed by atoms with Crippen LogP contribution < -0.4 is 20.7 Å². The minimum atomic E-state index is -4.14. The van der Waals surface area contributed by atoms with E-state index < -0.39 is 27.9 Å². The third-order valence-electron chi connectivity index (χ3n) is 6.69. The highest BCUT2D eigenvalue weighted by atomic mass is 32.2. The van der Waals surface area contributed by atoms with Crippen LogP contribution in [0.1, 0.15) is 12.5 Å². The van der Waals surface area contributed by atoms with Crippen molar-refractivity contribution in [2.45, 2.75) is 17.9 Å². The number of amides is 2. The molecule has 1 atom stereocenters. The molecule has 0 radical (unpaired) electrons. The third-order valence-corrected chi connectivity index (χ3v) is 8.16. The van der Waals surface area contributed by atoms with Crippen LogP contribution in [0.4, 0.5) is 5.69 Å². The molecule has 1 aliphatic rings. The Morgan fingerprint density at radius 1 is 1.07 bits per heavy atom. The Morgan fingerprint density at radius 3 is 2.45 bits per heavy atom. The topological polar surface area (TPSA) is 184 Å². The highest BCUT2D eigenvalue weighted by molar-refractivity contribution is 7.89. The average molecular weight is 597 g/mol. The van der Waals surface area contributed by atoms with Crippen molar-refractivity contribution in [3.8, 4) is 0 Å². The zero-order chi connectivity index (χ0) is 30.3. The second kappa shape index (κ2) is 13.3. The summed E-state index contributed by atoms with van der Waals surface area (Å²) in [7, 11) is -4.14.